The largest absolute Gasteiger partial charge is 0.339 e. The fourth-order valence-electron chi connectivity index (χ4n) is 3.46. The molecule has 0 saturated heterocycles. The molecule has 9 heteroatoms. The normalized spacial score (nSPS) is 10.8. The maximum Gasteiger partial charge on any atom is 0.332 e. The van der Waals surface area contributed by atoms with E-state index in [1.54, 1.807) is 42.2 Å². The van der Waals surface area contributed by atoms with E-state index in [2.05, 4.69) is 10.3 Å². The number of hydrogen-bond acceptors (Lipinski definition) is 5. The van der Waals surface area contributed by atoms with Gasteiger partial charge in [-0.25, -0.2) is 9.78 Å². The maximum atomic E-state index is 13.3. The van der Waals surface area contributed by atoms with Crippen molar-refractivity contribution in [2.75, 3.05) is 18.4 Å². The van der Waals surface area contributed by atoms with Gasteiger partial charge in [0.1, 0.15) is 12.2 Å². The molecule has 1 aromatic carbocycles. The summed E-state index contributed by atoms with van der Waals surface area (Å²) in [7, 11) is 1.47. The third-order valence-electron chi connectivity index (χ3n) is 5.06. The first-order valence-electron chi connectivity index (χ1n) is 10.0. The van der Waals surface area contributed by atoms with E-state index in [1.807, 2.05) is 19.9 Å². The van der Waals surface area contributed by atoms with Gasteiger partial charge in [-0.3, -0.25) is 23.5 Å². The van der Waals surface area contributed by atoms with Crippen LogP contribution in [0.2, 0.25) is 0 Å². The minimum atomic E-state index is -0.718. The van der Waals surface area contributed by atoms with Gasteiger partial charge in [0.2, 0.25) is 5.91 Å². The van der Waals surface area contributed by atoms with Gasteiger partial charge in [0.05, 0.1) is 10.9 Å². The molecule has 162 valence electrons. The SMILES string of the molecule is CCN(CC)C(=O)c1cc(C)nc2c1c(=O)n(CC(=O)Nc1ccccc1)c(=O)n2C. The first-order valence-corrected chi connectivity index (χ1v) is 10.0. The molecule has 3 rings (SSSR count). The lowest BCUT2D eigenvalue weighted by molar-refractivity contribution is -0.116. The van der Waals surface area contributed by atoms with Crippen molar-refractivity contribution in [3.8, 4) is 0 Å². The molecule has 0 spiro atoms. The average Bonchev–Trinajstić information content (AvgIpc) is 2.76. The molecule has 2 amide bonds. The number of rotatable bonds is 6. The average molecular weight is 423 g/mol. The molecule has 0 aliphatic rings. The van der Waals surface area contributed by atoms with Gasteiger partial charge in [-0.2, -0.15) is 0 Å². The number of carbonyl (C=O) groups is 2. The number of para-hydroxylation sites is 1. The predicted octanol–water partition coefficient (Wildman–Crippen LogP) is 1.52. The topological polar surface area (TPSA) is 106 Å². The molecule has 1 N–H and O–H groups in total. The van der Waals surface area contributed by atoms with Crippen molar-refractivity contribution in [2.24, 2.45) is 7.05 Å². The summed E-state index contributed by atoms with van der Waals surface area (Å²) in [6.07, 6.45) is 0. The molecule has 0 fully saturated rings. The van der Waals surface area contributed by atoms with E-state index in [-0.39, 0.29) is 22.5 Å². The number of carbonyl (C=O) groups excluding carboxylic acids is 2. The van der Waals surface area contributed by atoms with Crippen LogP contribution in [-0.4, -0.2) is 43.9 Å². The van der Waals surface area contributed by atoms with Crippen molar-refractivity contribution in [2.45, 2.75) is 27.3 Å². The number of pyridine rings is 1. The van der Waals surface area contributed by atoms with Crippen LogP contribution in [0.4, 0.5) is 5.69 Å². The Bertz CT molecular complexity index is 1260. The summed E-state index contributed by atoms with van der Waals surface area (Å²) in [5.74, 6) is -0.849. The Hall–Kier alpha value is -3.75. The Morgan fingerprint density at radius 1 is 1.10 bits per heavy atom. The van der Waals surface area contributed by atoms with Gasteiger partial charge in [-0.15, -0.1) is 0 Å². The highest BCUT2D eigenvalue weighted by Gasteiger charge is 2.23. The first kappa shape index (κ1) is 21.9. The monoisotopic (exact) mass is 423 g/mol. The summed E-state index contributed by atoms with van der Waals surface area (Å²) in [6.45, 7) is 5.85. The van der Waals surface area contributed by atoms with Crippen molar-refractivity contribution in [3.63, 3.8) is 0 Å². The third-order valence-corrected chi connectivity index (χ3v) is 5.06. The van der Waals surface area contributed by atoms with E-state index < -0.39 is 23.7 Å². The smallest absolute Gasteiger partial charge is 0.332 e. The number of nitrogens with zero attached hydrogens (tertiary/aromatic N) is 4. The molecule has 0 atom stereocenters. The zero-order chi connectivity index (χ0) is 22.7. The quantitative estimate of drug-likeness (QED) is 0.647. The Balaban J connectivity index is 2.16. The summed E-state index contributed by atoms with van der Waals surface area (Å²) in [5, 5.41) is 2.68. The zero-order valence-corrected chi connectivity index (χ0v) is 18.0. The second kappa shape index (κ2) is 8.95. The van der Waals surface area contributed by atoms with Crippen molar-refractivity contribution < 1.29 is 9.59 Å². The van der Waals surface area contributed by atoms with E-state index in [0.717, 1.165) is 4.57 Å². The van der Waals surface area contributed by atoms with Crippen LogP contribution in [0.25, 0.3) is 11.0 Å². The van der Waals surface area contributed by atoms with Gasteiger partial charge < -0.3 is 10.2 Å². The number of hydrogen-bond donors (Lipinski definition) is 1. The van der Waals surface area contributed by atoms with E-state index in [9.17, 15) is 19.2 Å². The number of aromatic nitrogens is 3. The lowest BCUT2D eigenvalue weighted by Crippen LogP contribution is -2.43. The maximum absolute atomic E-state index is 13.3. The molecule has 0 aliphatic carbocycles. The first-order chi connectivity index (χ1) is 14.8. The van der Waals surface area contributed by atoms with E-state index in [1.165, 1.54) is 11.6 Å². The summed E-state index contributed by atoms with van der Waals surface area (Å²) >= 11 is 0. The number of benzene rings is 1. The van der Waals surface area contributed by atoms with E-state index >= 15 is 0 Å². The minimum absolute atomic E-state index is 0.0251. The summed E-state index contributed by atoms with van der Waals surface area (Å²) in [6, 6.07) is 10.3. The van der Waals surface area contributed by atoms with Crippen LogP contribution < -0.4 is 16.6 Å². The van der Waals surface area contributed by atoms with Crippen molar-refractivity contribution in [3.05, 3.63) is 68.5 Å². The molecule has 2 aromatic heterocycles. The Labute approximate surface area is 178 Å². The highest BCUT2D eigenvalue weighted by molar-refractivity contribution is 6.05. The van der Waals surface area contributed by atoms with Crippen LogP contribution in [0.5, 0.6) is 0 Å². The lowest BCUT2D eigenvalue weighted by atomic mass is 10.1. The summed E-state index contributed by atoms with van der Waals surface area (Å²) < 4.78 is 2.02. The number of fused-ring (bicyclic) bond motifs is 1. The number of amides is 2. The molecule has 2 heterocycles. The van der Waals surface area contributed by atoms with Crippen LogP contribution in [0, 0.1) is 6.92 Å². The van der Waals surface area contributed by atoms with Crippen LogP contribution in [0.1, 0.15) is 29.9 Å². The van der Waals surface area contributed by atoms with Crippen molar-refractivity contribution >= 4 is 28.5 Å². The van der Waals surface area contributed by atoms with Crippen LogP contribution in [0.3, 0.4) is 0 Å². The molecular weight excluding hydrogens is 398 g/mol. The molecule has 9 nitrogen and oxygen atoms in total. The molecule has 3 aromatic rings. The second-order valence-electron chi connectivity index (χ2n) is 7.13. The highest BCUT2D eigenvalue weighted by Crippen LogP contribution is 2.16. The molecular formula is C22H25N5O4. The molecule has 0 saturated carbocycles. The van der Waals surface area contributed by atoms with Crippen LogP contribution >= 0.6 is 0 Å². The van der Waals surface area contributed by atoms with Gasteiger partial charge in [0.25, 0.3) is 11.5 Å². The number of nitrogens with one attached hydrogen (secondary N) is 1. The zero-order valence-electron chi connectivity index (χ0n) is 18.0. The molecule has 0 unspecified atom stereocenters. The number of anilines is 1. The van der Waals surface area contributed by atoms with Gasteiger partial charge in [-0.1, -0.05) is 18.2 Å². The standard InChI is InChI=1S/C22H25N5O4/c1-5-26(6-2)20(29)16-12-14(3)23-19-18(16)21(30)27(22(31)25(19)4)13-17(28)24-15-10-8-7-9-11-15/h7-12H,5-6,13H2,1-4H3,(H,24,28). The number of aryl methyl sites for hydroxylation is 2. The van der Waals surface area contributed by atoms with Gasteiger partial charge >= 0.3 is 5.69 Å². The summed E-state index contributed by atoms with van der Waals surface area (Å²) in [4.78, 5) is 57.6. The summed E-state index contributed by atoms with van der Waals surface area (Å²) in [5.41, 5.74) is -0.0524. The molecule has 0 aliphatic heterocycles. The lowest BCUT2D eigenvalue weighted by Gasteiger charge is -2.20. The molecule has 0 radical (unpaired) electrons. The van der Waals surface area contributed by atoms with E-state index in [4.69, 9.17) is 0 Å². The Morgan fingerprint density at radius 3 is 2.35 bits per heavy atom. The van der Waals surface area contributed by atoms with E-state index in [0.29, 0.717) is 24.5 Å². The van der Waals surface area contributed by atoms with Crippen LogP contribution in [-0.2, 0) is 18.4 Å². The highest BCUT2D eigenvalue weighted by atomic mass is 16.2. The Kier molecular flexibility index (Phi) is 6.33. The van der Waals surface area contributed by atoms with Gasteiger partial charge in [-0.05, 0) is 39.0 Å². The van der Waals surface area contributed by atoms with Gasteiger partial charge in [0.15, 0.2) is 0 Å². The van der Waals surface area contributed by atoms with Crippen molar-refractivity contribution in [1.29, 1.82) is 0 Å². The predicted molar refractivity (Wildman–Crippen MR) is 118 cm³/mol. The van der Waals surface area contributed by atoms with Gasteiger partial charge in [0, 0.05) is 31.5 Å². The Morgan fingerprint density at radius 2 is 1.74 bits per heavy atom. The minimum Gasteiger partial charge on any atom is -0.339 e. The molecule has 31 heavy (non-hydrogen) atoms. The molecule has 0 bridgehead atoms. The fourth-order valence-corrected chi connectivity index (χ4v) is 3.46. The van der Waals surface area contributed by atoms with Crippen molar-refractivity contribution in [1.82, 2.24) is 19.0 Å². The van der Waals surface area contributed by atoms with Crippen LogP contribution in [0.15, 0.2) is 46.0 Å². The fraction of sp³-hybridized carbons (Fsp3) is 0.318. The third kappa shape index (κ3) is 4.25. The second-order valence-corrected chi connectivity index (χ2v) is 7.13.